The van der Waals surface area contributed by atoms with E-state index in [-0.39, 0.29) is 11.3 Å². The minimum atomic E-state index is -0.0380. The Labute approximate surface area is 155 Å². The molecule has 0 N–H and O–H groups in total. The van der Waals surface area contributed by atoms with Gasteiger partial charge >= 0.3 is 0 Å². The maximum absolute atomic E-state index is 12.6. The van der Waals surface area contributed by atoms with E-state index in [1.165, 1.54) is 29.5 Å². The first kappa shape index (κ1) is 16.7. The average molecular weight is 354 g/mol. The quantitative estimate of drug-likeness (QED) is 0.706. The van der Waals surface area contributed by atoms with Crippen molar-refractivity contribution in [2.75, 3.05) is 0 Å². The average Bonchev–Trinajstić information content (AvgIpc) is 3.13. The standard InChI is InChI=1S/C22H30N2O2/c1-13(25)24-12-14-11-22(3)15(10-19(14)23-24)4-5-16-17-6-7-20(26)21(17,2)9-8-18(16)22/h12,15-18H,4-11H2,1-3H3/t15-,16-,17-,18-,21-,22-/m0/s1. The molecule has 4 heteroatoms. The molecule has 26 heavy (non-hydrogen) atoms. The maximum Gasteiger partial charge on any atom is 0.243 e. The number of hydrogen-bond donors (Lipinski definition) is 0. The Balaban J connectivity index is 1.49. The van der Waals surface area contributed by atoms with Crippen molar-refractivity contribution in [3.8, 4) is 0 Å². The van der Waals surface area contributed by atoms with Gasteiger partial charge in [0.2, 0.25) is 5.91 Å². The SMILES string of the molecule is CC(=O)n1cc2c(n1)C[C@@H]1CC[C@@H]3[C@H](CC[C@]4(C)C(=O)CC[C@@H]34)[C@@]1(C)C2. The van der Waals surface area contributed by atoms with Gasteiger partial charge in [-0.25, -0.2) is 4.68 Å². The summed E-state index contributed by atoms with van der Waals surface area (Å²) in [4.78, 5) is 24.3. The van der Waals surface area contributed by atoms with Gasteiger partial charge in [0.15, 0.2) is 0 Å². The van der Waals surface area contributed by atoms with Crippen LogP contribution in [-0.4, -0.2) is 21.5 Å². The van der Waals surface area contributed by atoms with Crippen LogP contribution in [0.5, 0.6) is 0 Å². The van der Waals surface area contributed by atoms with Crippen molar-refractivity contribution >= 4 is 11.7 Å². The van der Waals surface area contributed by atoms with Crippen LogP contribution in [0.1, 0.15) is 75.3 Å². The third-order valence-corrected chi connectivity index (χ3v) is 8.99. The maximum atomic E-state index is 12.6. The second-order valence-electron chi connectivity index (χ2n) is 10.0. The summed E-state index contributed by atoms with van der Waals surface area (Å²) in [7, 11) is 0. The number of rotatable bonds is 0. The van der Waals surface area contributed by atoms with Crippen LogP contribution in [0.15, 0.2) is 6.20 Å². The zero-order valence-corrected chi connectivity index (χ0v) is 16.3. The zero-order chi connectivity index (χ0) is 18.3. The molecule has 4 aliphatic rings. The number of Topliss-reactive ketones (excluding diaryl/α,β-unsaturated/α-hetero) is 1. The van der Waals surface area contributed by atoms with Crippen molar-refractivity contribution in [2.24, 2.45) is 34.5 Å². The number of aromatic nitrogens is 2. The second-order valence-corrected chi connectivity index (χ2v) is 10.0. The molecule has 140 valence electrons. The Morgan fingerprint density at radius 1 is 1.19 bits per heavy atom. The van der Waals surface area contributed by atoms with E-state index < -0.39 is 0 Å². The van der Waals surface area contributed by atoms with E-state index >= 15 is 0 Å². The van der Waals surface area contributed by atoms with Crippen molar-refractivity contribution in [3.63, 3.8) is 0 Å². The van der Waals surface area contributed by atoms with Gasteiger partial charge in [-0.2, -0.15) is 5.10 Å². The monoisotopic (exact) mass is 354 g/mol. The molecule has 0 spiro atoms. The predicted octanol–water partition coefficient (Wildman–Crippen LogP) is 4.07. The molecule has 5 rings (SSSR count). The topological polar surface area (TPSA) is 52.0 Å². The molecular formula is C22H30N2O2. The highest BCUT2D eigenvalue weighted by Gasteiger charge is 2.60. The molecule has 4 aliphatic carbocycles. The smallest absolute Gasteiger partial charge is 0.243 e. The van der Waals surface area contributed by atoms with Gasteiger partial charge in [-0.3, -0.25) is 9.59 Å². The highest BCUT2D eigenvalue weighted by atomic mass is 16.2. The fraction of sp³-hybridized carbons (Fsp3) is 0.773. The Morgan fingerprint density at radius 2 is 2.00 bits per heavy atom. The molecule has 6 atom stereocenters. The molecule has 3 fully saturated rings. The molecular weight excluding hydrogens is 324 g/mol. The first-order valence-electron chi connectivity index (χ1n) is 10.4. The number of carbonyl (C=O) groups is 2. The molecule has 0 unspecified atom stereocenters. The second kappa shape index (κ2) is 5.30. The van der Waals surface area contributed by atoms with E-state index in [2.05, 4.69) is 18.9 Å². The van der Waals surface area contributed by atoms with Gasteiger partial charge < -0.3 is 0 Å². The number of nitrogens with zero attached hydrogens (tertiary/aromatic N) is 2. The third kappa shape index (κ3) is 2.05. The molecule has 0 bridgehead atoms. The van der Waals surface area contributed by atoms with Gasteiger partial charge in [0.1, 0.15) is 5.78 Å². The highest BCUT2D eigenvalue weighted by molar-refractivity contribution is 5.87. The van der Waals surface area contributed by atoms with E-state index in [4.69, 9.17) is 0 Å². The van der Waals surface area contributed by atoms with Crippen LogP contribution < -0.4 is 0 Å². The van der Waals surface area contributed by atoms with Crippen LogP contribution in [0.2, 0.25) is 0 Å². The largest absolute Gasteiger partial charge is 0.299 e. The molecule has 1 aromatic heterocycles. The normalized spacial score (nSPS) is 44.0. The van der Waals surface area contributed by atoms with Crippen LogP contribution in [0, 0.1) is 34.5 Å². The van der Waals surface area contributed by atoms with E-state index in [0.717, 1.165) is 43.7 Å². The lowest BCUT2D eigenvalue weighted by Crippen LogP contribution is -2.54. The Morgan fingerprint density at radius 3 is 2.77 bits per heavy atom. The Hall–Kier alpha value is -1.45. The lowest BCUT2D eigenvalue weighted by atomic mass is 9.45. The fourth-order valence-electron chi connectivity index (χ4n) is 7.49. The Bertz CT molecular complexity index is 796. The molecule has 0 radical (unpaired) electrons. The molecule has 0 aromatic carbocycles. The van der Waals surface area contributed by atoms with Gasteiger partial charge in [-0.05, 0) is 79.6 Å². The number of ketones is 1. The first-order chi connectivity index (χ1) is 12.3. The predicted molar refractivity (Wildman–Crippen MR) is 98.8 cm³/mol. The van der Waals surface area contributed by atoms with Crippen LogP contribution in [0.25, 0.3) is 0 Å². The number of fused-ring (bicyclic) bond motifs is 6. The summed E-state index contributed by atoms with van der Waals surface area (Å²) in [6.45, 7) is 6.35. The summed E-state index contributed by atoms with van der Waals surface area (Å²) >= 11 is 0. The van der Waals surface area contributed by atoms with Crippen molar-refractivity contribution < 1.29 is 9.59 Å². The van der Waals surface area contributed by atoms with E-state index in [1.807, 2.05) is 6.20 Å². The minimum absolute atomic E-state index is 0.00306. The molecule has 0 amide bonds. The van der Waals surface area contributed by atoms with Crippen LogP contribution in [0.3, 0.4) is 0 Å². The van der Waals surface area contributed by atoms with Gasteiger partial charge in [0.25, 0.3) is 0 Å². The van der Waals surface area contributed by atoms with Crippen molar-refractivity contribution in [1.29, 1.82) is 0 Å². The summed E-state index contributed by atoms with van der Waals surface area (Å²) in [5.74, 6) is 3.25. The highest BCUT2D eigenvalue weighted by Crippen LogP contribution is 2.64. The molecule has 0 aliphatic heterocycles. The summed E-state index contributed by atoms with van der Waals surface area (Å²) in [5.41, 5.74) is 2.70. The molecule has 0 saturated heterocycles. The first-order valence-corrected chi connectivity index (χ1v) is 10.4. The van der Waals surface area contributed by atoms with Gasteiger partial charge in [-0.15, -0.1) is 0 Å². The lowest BCUT2D eigenvalue weighted by molar-refractivity contribution is -0.136. The Kier molecular flexibility index (Phi) is 3.40. The third-order valence-electron chi connectivity index (χ3n) is 8.99. The van der Waals surface area contributed by atoms with Crippen molar-refractivity contribution in [2.45, 2.75) is 72.1 Å². The van der Waals surface area contributed by atoms with Crippen molar-refractivity contribution in [3.05, 3.63) is 17.5 Å². The minimum Gasteiger partial charge on any atom is -0.299 e. The number of hydrogen-bond acceptors (Lipinski definition) is 3. The molecule has 3 saturated carbocycles. The lowest BCUT2D eigenvalue weighted by Gasteiger charge is -2.59. The van der Waals surface area contributed by atoms with Gasteiger partial charge in [0, 0.05) is 25.0 Å². The van der Waals surface area contributed by atoms with Gasteiger partial charge in [-0.1, -0.05) is 13.8 Å². The summed E-state index contributed by atoms with van der Waals surface area (Å²) in [5, 5.41) is 4.57. The molecule has 1 aromatic rings. The molecule has 1 heterocycles. The van der Waals surface area contributed by atoms with E-state index in [9.17, 15) is 9.59 Å². The van der Waals surface area contributed by atoms with Crippen LogP contribution in [0.4, 0.5) is 0 Å². The fourth-order valence-corrected chi connectivity index (χ4v) is 7.49. The van der Waals surface area contributed by atoms with Crippen LogP contribution in [-0.2, 0) is 17.6 Å². The van der Waals surface area contributed by atoms with Crippen LogP contribution >= 0.6 is 0 Å². The zero-order valence-electron chi connectivity index (χ0n) is 16.3. The van der Waals surface area contributed by atoms with E-state index in [1.54, 1.807) is 6.92 Å². The molecule has 4 nitrogen and oxygen atoms in total. The van der Waals surface area contributed by atoms with Crippen molar-refractivity contribution in [1.82, 2.24) is 9.78 Å². The summed E-state index contributed by atoms with van der Waals surface area (Å²) in [6.07, 6.45) is 10.8. The van der Waals surface area contributed by atoms with Gasteiger partial charge in [0.05, 0.1) is 5.69 Å². The summed E-state index contributed by atoms with van der Waals surface area (Å²) in [6, 6.07) is 0. The number of carbonyl (C=O) groups excluding carboxylic acids is 2. The summed E-state index contributed by atoms with van der Waals surface area (Å²) < 4.78 is 1.54. The van der Waals surface area contributed by atoms with E-state index in [0.29, 0.717) is 29.0 Å².